The van der Waals surface area contributed by atoms with E-state index in [4.69, 9.17) is 9.31 Å². The van der Waals surface area contributed by atoms with Crippen LogP contribution in [-0.4, -0.2) is 24.6 Å². The second-order valence-electron chi connectivity index (χ2n) is 7.26. The van der Waals surface area contributed by atoms with Crippen molar-refractivity contribution in [1.29, 1.82) is 0 Å². The van der Waals surface area contributed by atoms with Gasteiger partial charge in [0.05, 0.1) is 11.2 Å². The van der Waals surface area contributed by atoms with Crippen LogP contribution in [0.3, 0.4) is 0 Å². The lowest BCUT2D eigenvalue weighted by molar-refractivity contribution is 0.00578. The van der Waals surface area contributed by atoms with E-state index in [0.29, 0.717) is 5.56 Å². The Morgan fingerprint density at radius 3 is 2.38 bits per heavy atom. The Morgan fingerprint density at radius 2 is 1.83 bits per heavy atom. The fourth-order valence-electron chi connectivity index (χ4n) is 2.64. The summed E-state index contributed by atoms with van der Waals surface area (Å²) in [6.45, 7) is 14.2. The first-order chi connectivity index (χ1) is 11.2. The third kappa shape index (κ3) is 3.71. The molecule has 128 valence electrons. The maximum Gasteiger partial charge on any atom is 0.495 e. The van der Waals surface area contributed by atoms with Gasteiger partial charge in [-0.1, -0.05) is 36.9 Å². The van der Waals surface area contributed by atoms with Crippen molar-refractivity contribution in [3.8, 4) is 0 Å². The van der Waals surface area contributed by atoms with E-state index in [1.165, 1.54) is 0 Å². The monoisotopic (exact) mass is 326 g/mol. The Hall–Kier alpha value is -1.65. The van der Waals surface area contributed by atoms with Gasteiger partial charge in [0.25, 0.3) is 0 Å². The van der Waals surface area contributed by atoms with Crippen LogP contribution in [0.1, 0.15) is 63.4 Å². The van der Waals surface area contributed by atoms with Gasteiger partial charge in [-0.3, -0.25) is 4.79 Å². The van der Waals surface area contributed by atoms with Gasteiger partial charge in [0, 0.05) is 5.56 Å². The molecule has 0 spiro atoms. The zero-order chi connectivity index (χ0) is 18.0. The number of hydrogen-bond donors (Lipinski definition) is 0. The number of carbonyl (C=O) groups excluding carboxylic acids is 1. The molecule has 24 heavy (non-hydrogen) atoms. The second-order valence-corrected chi connectivity index (χ2v) is 7.26. The van der Waals surface area contributed by atoms with Crippen LogP contribution in [0.25, 0.3) is 5.57 Å². The molecule has 1 fully saturated rings. The van der Waals surface area contributed by atoms with Crippen molar-refractivity contribution in [2.24, 2.45) is 0 Å². The molecule has 1 heterocycles. The minimum Gasteiger partial charge on any atom is -0.399 e. The number of aldehydes is 1. The summed E-state index contributed by atoms with van der Waals surface area (Å²) in [5.41, 5.74) is 2.57. The maximum absolute atomic E-state index is 11.5. The van der Waals surface area contributed by atoms with Crippen LogP contribution in [0.15, 0.2) is 36.9 Å². The lowest BCUT2D eigenvalue weighted by Gasteiger charge is -2.32. The van der Waals surface area contributed by atoms with Crippen LogP contribution in [0.5, 0.6) is 0 Å². The molecular weight excluding hydrogens is 299 g/mol. The average Bonchev–Trinajstić information content (AvgIpc) is 2.74. The molecule has 0 bridgehead atoms. The normalized spacial score (nSPS) is 19.0. The van der Waals surface area contributed by atoms with Gasteiger partial charge in [0.2, 0.25) is 0 Å². The second kappa shape index (κ2) is 7.08. The van der Waals surface area contributed by atoms with Crippen LogP contribution in [0, 0.1) is 0 Å². The van der Waals surface area contributed by atoms with E-state index in [9.17, 15) is 4.79 Å². The molecule has 0 unspecified atom stereocenters. The van der Waals surface area contributed by atoms with Crippen LogP contribution in [-0.2, 0) is 9.31 Å². The molecular formula is C20H27BO3. The Kier molecular flexibility index (Phi) is 5.51. The summed E-state index contributed by atoms with van der Waals surface area (Å²) in [5, 5.41) is 0. The molecule has 2 rings (SSSR count). The van der Waals surface area contributed by atoms with E-state index in [1.54, 1.807) is 0 Å². The smallest absolute Gasteiger partial charge is 0.399 e. The Morgan fingerprint density at radius 1 is 1.21 bits per heavy atom. The molecule has 3 nitrogen and oxygen atoms in total. The Balaban J connectivity index is 2.31. The fourth-order valence-corrected chi connectivity index (χ4v) is 2.64. The highest BCUT2D eigenvalue weighted by molar-refractivity contribution is 6.63. The van der Waals surface area contributed by atoms with Crippen molar-refractivity contribution >= 4 is 24.4 Å². The summed E-state index contributed by atoms with van der Waals surface area (Å²) in [4.78, 5) is 11.5. The molecule has 0 saturated carbocycles. The first kappa shape index (κ1) is 18.7. The van der Waals surface area contributed by atoms with Gasteiger partial charge in [-0.2, -0.15) is 0 Å². The van der Waals surface area contributed by atoms with E-state index in [2.05, 4.69) is 12.7 Å². The average molecular weight is 326 g/mol. The first-order valence-corrected chi connectivity index (χ1v) is 8.46. The van der Waals surface area contributed by atoms with E-state index >= 15 is 0 Å². The lowest BCUT2D eigenvalue weighted by Crippen LogP contribution is -2.41. The fraction of sp³-hybridized carbons (Fsp3) is 0.450. The first-order valence-electron chi connectivity index (χ1n) is 8.46. The van der Waals surface area contributed by atoms with Gasteiger partial charge in [0.1, 0.15) is 6.29 Å². The minimum atomic E-state index is -0.543. The highest BCUT2D eigenvalue weighted by atomic mass is 16.7. The van der Waals surface area contributed by atoms with Crippen LogP contribution in [0.4, 0.5) is 0 Å². The number of rotatable bonds is 6. The molecule has 1 aliphatic rings. The molecule has 0 amide bonds. The lowest BCUT2D eigenvalue weighted by atomic mass is 9.75. The van der Waals surface area contributed by atoms with E-state index < -0.39 is 18.3 Å². The van der Waals surface area contributed by atoms with Gasteiger partial charge in [-0.05, 0) is 64.1 Å². The Bertz CT molecular complexity index is 643. The molecule has 4 heteroatoms. The number of benzene rings is 1. The number of hydrogen-bond acceptors (Lipinski definition) is 3. The summed E-state index contributed by atoms with van der Waals surface area (Å²) < 4.78 is 12.2. The third-order valence-electron chi connectivity index (χ3n) is 4.98. The van der Waals surface area contributed by atoms with Crippen molar-refractivity contribution in [3.05, 3.63) is 48.1 Å². The van der Waals surface area contributed by atoms with Crippen molar-refractivity contribution in [1.82, 2.24) is 0 Å². The van der Waals surface area contributed by atoms with E-state index in [-0.39, 0.29) is 0 Å². The van der Waals surface area contributed by atoms with Gasteiger partial charge in [0.15, 0.2) is 0 Å². The topological polar surface area (TPSA) is 35.5 Å². The number of allylic oxidation sites excluding steroid dienone is 3. The number of carbonyl (C=O) groups is 1. The summed E-state index contributed by atoms with van der Waals surface area (Å²) >= 11 is 0. The zero-order valence-corrected chi connectivity index (χ0v) is 15.4. The molecule has 0 N–H and O–H groups in total. The minimum absolute atomic E-state index is 0.434. The third-order valence-corrected chi connectivity index (χ3v) is 4.98. The molecule has 0 aliphatic carbocycles. The van der Waals surface area contributed by atoms with E-state index in [1.807, 2.05) is 58.9 Å². The highest BCUT2D eigenvalue weighted by Gasteiger charge is 2.52. The zero-order valence-electron chi connectivity index (χ0n) is 15.4. The van der Waals surface area contributed by atoms with Gasteiger partial charge >= 0.3 is 7.12 Å². The van der Waals surface area contributed by atoms with Crippen molar-refractivity contribution in [2.45, 2.75) is 58.7 Å². The molecule has 1 saturated heterocycles. The van der Waals surface area contributed by atoms with Crippen LogP contribution < -0.4 is 5.46 Å². The predicted molar refractivity (Wildman–Crippen MR) is 101 cm³/mol. The molecule has 1 aromatic rings. The molecule has 1 aliphatic heterocycles. The molecule has 0 aromatic heterocycles. The summed E-state index contributed by atoms with van der Waals surface area (Å²) in [7, 11) is -0.543. The maximum atomic E-state index is 11.5. The van der Waals surface area contributed by atoms with Crippen molar-refractivity contribution in [3.63, 3.8) is 0 Å². The summed E-state index contributed by atoms with van der Waals surface area (Å²) in [5.74, 6) is 0. The van der Waals surface area contributed by atoms with Crippen molar-refractivity contribution < 1.29 is 14.1 Å². The van der Waals surface area contributed by atoms with E-state index in [0.717, 1.165) is 35.7 Å². The van der Waals surface area contributed by atoms with Gasteiger partial charge in [-0.15, -0.1) is 0 Å². The predicted octanol–water partition coefficient (Wildman–Crippen LogP) is 4.17. The molecule has 1 aromatic carbocycles. The van der Waals surface area contributed by atoms with Crippen LogP contribution in [0.2, 0.25) is 0 Å². The quantitative estimate of drug-likeness (QED) is 0.447. The standard InChI is InChI=1S/C20H27BO3/c1-7-8-9-10-15(2)16-11-12-17(14-22)18(13-16)21-23-19(3,4)20(5,6)24-21/h7-8,11-14H,2,9-10H2,1,3-6H3/b8-7-. The SMILES string of the molecule is C=C(CC/C=C\C)c1ccc(C=O)c(B2OC(C)(C)C(C)(C)O2)c1. The Labute approximate surface area is 145 Å². The van der Waals surface area contributed by atoms with Gasteiger partial charge in [-0.25, -0.2) is 0 Å². The molecule has 0 atom stereocenters. The largest absolute Gasteiger partial charge is 0.495 e. The van der Waals surface area contributed by atoms with Crippen LogP contribution >= 0.6 is 0 Å². The summed E-state index contributed by atoms with van der Waals surface area (Å²) in [6, 6.07) is 5.74. The van der Waals surface area contributed by atoms with Crippen molar-refractivity contribution in [2.75, 3.05) is 0 Å². The molecule has 0 radical (unpaired) electrons. The van der Waals surface area contributed by atoms with Gasteiger partial charge < -0.3 is 9.31 Å². The highest BCUT2D eigenvalue weighted by Crippen LogP contribution is 2.36. The summed E-state index contributed by atoms with van der Waals surface area (Å²) in [6.07, 6.45) is 6.86.